The summed E-state index contributed by atoms with van der Waals surface area (Å²) in [5.41, 5.74) is 4.82. The van der Waals surface area contributed by atoms with Gasteiger partial charge in [0.2, 0.25) is 0 Å². The number of allylic oxidation sites excluding steroid dienone is 4. The van der Waals surface area contributed by atoms with Crippen LogP contribution < -0.4 is 0 Å². The van der Waals surface area contributed by atoms with Crippen LogP contribution in [0.4, 0.5) is 0 Å². The van der Waals surface area contributed by atoms with Crippen LogP contribution in [0.25, 0.3) is 11.1 Å². The highest BCUT2D eigenvalue weighted by atomic mass is 79.9. The Morgan fingerprint density at radius 2 is 1.95 bits per heavy atom. The smallest absolute Gasteiger partial charge is 0.106 e. The number of nitrogens with zero attached hydrogens (tertiary/aromatic N) is 2. The van der Waals surface area contributed by atoms with Crippen molar-refractivity contribution in [1.82, 2.24) is 4.98 Å². The van der Waals surface area contributed by atoms with Gasteiger partial charge < -0.3 is 0 Å². The van der Waals surface area contributed by atoms with E-state index in [0.717, 1.165) is 33.4 Å². The Labute approximate surface area is 132 Å². The van der Waals surface area contributed by atoms with Gasteiger partial charge in [0.15, 0.2) is 0 Å². The fourth-order valence-corrected chi connectivity index (χ4v) is 2.72. The van der Waals surface area contributed by atoms with Gasteiger partial charge in [0, 0.05) is 0 Å². The summed E-state index contributed by atoms with van der Waals surface area (Å²) in [5.74, 6) is 0. The molecule has 0 atom stereocenters. The highest BCUT2D eigenvalue weighted by Gasteiger charge is 2.12. The molecule has 0 aliphatic heterocycles. The maximum Gasteiger partial charge on any atom is 0.106 e. The van der Waals surface area contributed by atoms with Crippen LogP contribution in [0.15, 0.2) is 59.2 Å². The van der Waals surface area contributed by atoms with E-state index in [-0.39, 0.29) is 0 Å². The monoisotopic (exact) mass is 335 g/mol. The molecule has 0 spiro atoms. The van der Waals surface area contributed by atoms with Crippen molar-refractivity contribution in [2.45, 2.75) is 6.42 Å². The lowest BCUT2D eigenvalue weighted by atomic mass is 9.91. The van der Waals surface area contributed by atoms with Gasteiger partial charge in [0.05, 0.1) is 17.3 Å². The van der Waals surface area contributed by atoms with Gasteiger partial charge in [-0.15, -0.1) is 0 Å². The Balaban J connectivity index is 2.02. The van der Waals surface area contributed by atoms with Gasteiger partial charge in [-0.3, -0.25) is 0 Å². The van der Waals surface area contributed by atoms with E-state index in [2.05, 4.69) is 45.6 Å². The Hall–Kier alpha value is -2.18. The average molecular weight is 336 g/mol. The van der Waals surface area contributed by atoms with Crippen LogP contribution in [0.5, 0.6) is 0 Å². The number of benzene rings is 1. The minimum absolute atomic E-state index is 0.692. The second-order valence-electron chi connectivity index (χ2n) is 4.73. The zero-order valence-corrected chi connectivity index (χ0v) is 12.8. The summed E-state index contributed by atoms with van der Waals surface area (Å²) in [7, 11) is 0. The third kappa shape index (κ3) is 2.96. The first-order valence-corrected chi connectivity index (χ1v) is 7.44. The van der Waals surface area contributed by atoms with E-state index >= 15 is 0 Å². The zero-order chi connectivity index (χ0) is 14.7. The summed E-state index contributed by atoms with van der Waals surface area (Å²) in [6.45, 7) is 0. The number of halogens is 1. The second kappa shape index (κ2) is 6.07. The van der Waals surface area contributed by atoms with Gasteiger partial charge in [-0.25, -0.2) is 4.98 Å². The first-order chi connectivity index (χ1) is 10.3. The van der Waals surface area contributed by atoms with Crippen molar-refractivity contribution in [3.8, 4) is 6.07 Å². The lowest BCUT2D eigenvalue weighted by molar-refractivity contribution is 1.17. The van der Waals surface area contributed by atoms with Crippen LogP contribution in [0.3, 0.4) is 0 Å². The van der Waals surface area contributed by atoms with Crippen molar-refractivity contribution in [2.75, 3.05) is 0 Å². The standard InChI is InChI=1S/C18H12BrN2/c19-18-10-4-9-17(21-18)14-7-3-6-13(11-14)16-8-2-1-5-15(16)12-20/h1-6,8-11H,7H2. The molecule has 0 fully saturated rings. The number of hydrogen-bond donors (Lipinski definition) is 0. The molecule has 1 aromatic carbocycles. The van der Waals surface area contributed by atoms with Crippen LogP contribution in [-0.2, 0) is 0 Å². The molecule has 3 rings (SSSR count). The molecule has 0 unspecified atom stereocenters. The minimum atomic E-state index is 0.692. The lowest BCUT2D eigenvalue weighted by Gasteiger charge is -2.14. The summed E-state index contributed by atoms with van der Waals surface area (Å²) in [4.78, 5) is 4.50. The second-order valence-corrected chi connectivity index (χ2v) is 5.55. The topological polar surface area (TPSA) is 36.7 Å². The minimum Gasteiger partial charge on any atom is -0.241 e. The SMILES string of the molecule is N#Cc1ccccc1C1=C[CH]CC(c2cccc(Br)n2)=C1. The Morgan fingerprint density at radius 3 is 2.76 bits per heavy atom. The van der Waals surface area contributed by atoms with Crippen LogP contribution in [0, 0.1) is 17.8 Å². The quantitative estimate of drug-likeness (QED) is 0.739. The molecule has 1 aliphatic carbocycles. The summed E-state index contributed by atoms with van der Waals surface area (Å²) < 4.78 is 0.828. The number of aromatic nitrogens is 1. The van der Waals surface area contributed by atoms with Crippen LogP contribution in [0.1, 0.15) is 23.2 Å². The summed E-state index contributed by atoms with van der Waals surface area (Å²) in [5, 5.41) is 9.24. The highest BCUT2D eigenvalue weighted by molar-refractivity contribution is 9.10. The summed E-state index contributed by atoms with van der Waals surface area (Å²) in [6.07, 6.45) is 7.14. The van der Waals surface area contributed by atoms with Gasteiger partial charge in [0.1, 0.15) is 4.60 Å². The first-order valence-electron chi connectivity index (χ1n) is 6.64. The molecule has 2 aromatic rings. The van der Waals surface area contributed by atoms with Crippen molar-refractivity contribution in [1.29, 1.82) is 5.26 Å². The van der Waals surface area contributed by atoms with Gasteiger partial charge in [-0.2, -0.15) is 5.26 Å². The normalized spacial score (nSPS) is 14.1. The molecular weight excluding hydrogens is 324 g/mol. The third-order valence-electron chi connectivity index (χ3n) is 3.37. The fraction of sp³-hybridized carbons (Fsp3) is 0.0556. The number of hydrogen-bond acceptors (Lipinski definition) is 2. The van der Waals surface area contributed by atoms with Crippen LogP contribution >= 0.6 is 15.9 Å². The van der Waals surface area contributed by atoms with E-state index in [9.17, 15) is 5.26 Å². The third-order valence-corrected chi connectivity index (χ3v) is 3.81. The number of nitriles is 1. The number of pyridine rings is 1. The molecule has 101 valence electrons. The molecule has 1 aromatic heterocycles. The largest absolute Gasteiger partial charge is 0.241 e. The van der Waals surface area contributed by atoms with Crippen LogP contribution in [-0.4, -0.2) is 4.98 Å². The van der Waals surface area contributed by atoms with Gasteiger partial charge in [-0.1, -0.05) is 30.3 Å². The number of rotatable bonds is 2. The van der Waals surface area contributed by atoms with Crippen molar-refractivity contribution < 1.29 is 0 Å². The summed E-state index contributed by atoms with van der Waals surface area (Å²) >= 11 is 3.41. The fourth-order valence-electron chi connectivity index (χ4n) is 2.37. The van der Waals surface area contributed by atoms with Crippen molar-refractivity contribution in [2.24, 2.45) is 0 Å². The molecule has 21 heavy (non-hydrogen) atoms. The summed E-state index contributed by atoms with van der Waals surface area (Å²) in [6, 6.07) is 15.8. The molecule has 0 N–H and O–H groups in total. The van der Waals surface area contributed by atoms with E-state index in [1.54, 1.807) is 0 Å². The molecule has 3 heteroatoms. The molecule has 1 heterocycles. The van der Waals surface area contributed by atoms with E-state index < -0.39 is 0 Å². The van der Waals surface area contributed by atoms with Crippen molar-refractivity contribution in [3.63, 3.8) is 0 Å². The average Bonchev–Trinajstić information content (AvgIpc) is 2.55. The predicted octanol–water partition coefficient (Wildman–Crippen LogP) is 4.79. The molecular formula is C18H12BrN2. The van der Waals surface area contributed by atoms with Gasteiger partial charge >= 0.3 is 0 Å². The van der Waals surface area contributed by atoms with Gasteiger partial charge in [0.25, 0.3) is 0 Å². The Kier molecular flexibility index (Phi) is 3.98. The maximum atomic E-state index is 9.24. The Bertz CT molecular complexity index is 782. The molecule has 0 saturated heterocycles. The van der Waals surface area contributed by atoms with Crippen molar-refractivity contribution >= 4 is 27.1 Å². The zero-order valence-electron chi connectivity index (χ0n) is 11.3. The maximum absolute atomic E-state index is 9.24. The molecule has 0 saturated carbocycles. The predicted molar refractivity (Wildman–Crippen MR) is 88.0 cm³/mol. The molecule has 0 amide bonds. The van der Waals surface area contributed by atoms with Crippen LogP contribution in [0.2, 0.25) is 0 Å². The molecule has 1 aliphatic rings. The van der Waals surface area contributed by atoms with E-state index in [0.29, 0.717) is 5.56 Å². The van der Waals surface area contributed by atoms with E-state index in [1.807, 2.05) is 42.5 Å². The molecule has 2 nitrogen and oxygen atoms in total. The molecule has 1 radical (unpaired) electrons. The first kappa shape index (κ1) is 13.8. The molecule has 0 bridgehead atoms. The van der Waals surface area contributed by atoms with E-state index in [4.69, 9.17) is 0 Å². The lowest BCUT2D eigenvalue weighted by Crippen LogP contribution is -1.97. The van der Waals surface area contributed by atoms with Gasteiger partial charge in [-0.05, 0) is 69.8 Å². The van der Waals surface area contributed by atoms with E-state index in [1.165, 1.54) is 0 Å². The van der Waals surface area contributed by atoms with Crippen molar-refractivity contribution in [3.05, 3.63) is 82.5 Å². The Morgan fingerprint density at radius 1 is 1.10 bits per heavy atom. The highest BCUT2D eigenvalue weighted by Crippen LogP contribution is 2.31.